The van der Waals surface area contributed by atoms with E-state index in [9.17, 15) is 18.7 Å². The first-order valence-corrected chi connectivity index (χ1v) is 9.31. The molecule has 1 aromatic carbocycles. The SMILES string of the molecule is Cc1oc2ccc(OCc3cccnc3C(F)F)cc2c1C(=O)NC1(CO)COC1. The minimum atomic E-state index is -2.70. The number of fused-ring (bicyclic) bond motifs is 1. The van der Waals surface area contributed by atoms with Gasteiger partial charge in [0.15, 0.2) is 0 Å². The summed E-state index contributed by atoms with van der Waals surface area (Å²) in [5.41, 5.74) is -0.0290. The Hall–Kier alpha value is -3.04. The van der Waals surface area contributed by atoms with E-state index < -0.39 is 17.9 Å². The Kier molecular flexibility index (Phi) is 5.40. The van der Waals surface area contributed by atoms with Crippen LogP contribution in [0, 0.1) is 6.92 Å². The summed E-state index contributed by atoms with van der Waals surface area (Å²) >= 11 is 0. The number of aliphatic hydroxyl groups is 1. The largest absolute Gasteiger partial charge is 0.489 e. The molecule has 3 heterocycles. The van der Waals surface area contributed by atoms with Gasteiger partial charge >= 0.3 is 0 Å². The summed E-state index contributed by atoms with van der Waals surface area (Å²) in [7, 11) is 0. The Morgan fingerprint density at radius 2 is 2.17 bits per heavy atom. The van der Waals surface area contributed by atoms with Crippen molar-refractivity contribution < 1.29 is 32.6 Å². The quantitative estimate of drug-likeness (QED) is 0.612. The first-order valence-electron chi connectivity index (χ1n) is 9.31. The number of carbonyl (C=O) groups is 1. The van der Waals surface area contributed by atoms with Crippen molar-refractivity contribution in [2.24, 2.45) is 0 Å². The maximum absolute atomic E-state index is 13.1. The number of aromatic nitrogens is 1. The average molecular weight is 418 g/mol. The van der Waals surface area contributed by atoms with Gasteiger partial charge in [-0.3, -0.25) is 9.78 Å². The van der Waals surface area contributed by atoms with Gasteiger partial charge in [-0.2, -0.15) is 0 Å². The van der Waals surface area contributed by atoms with Gasteiger partial charge < -0.3 is 24.3 Å². The normalized spacial score (nSPS) is 15.2. The minimum absolute atomic E-state index is 0.0949. The number of amides is 1. The van der Waals surface area contributed by atoms with Crippen LogP contribution in [0.2, 0.25) is 0 Å². The zero-order valence-electron chi connectivity index (χ0n) is 16.2. The number of nitrogens with one attached hydrogen (secondary N) is 1. The summed E-state index contributed by atoms with van der Waals surface area (Å²) in [6.07, 6.45) is -1.39. The number of hydrogen-bond acceptors (Lipinski definition) is 6. The third-order valence-electron chi connectivity index (χ3n) is 5.03. The van der Waals surface area contributed by atoms with Crippen molar-refractivity contribution in [1.29, 1.82) is 0 Å². The third kappa shape index (κ3) is 3.73. The molecule has 0 bridgehead atoms. The fourth-order valence-corrected chi connectivity index (χ4v) is 3.36. The highest BCUT2D eigenvalue weighted by Gasteiger charge is 2.40. The fraction of sp³-hybridized carbons (Fsp3) is 0.333. The Morgan fingerprint density at radius 1 is 1.37 bits per heavy atom. The van der Waals surface area contributed by atoms with Crippen molar-refractivity contribution in [3.05, 3.63) is 59.1 Å². The van der Waals surface area contributed by atoms with Gasteiger partial charge in [-0.25, -0.2) is 8.78 Å². The van der Waals surface area contributed by atoms with E-state index in [0.717, 1.165) is 0 Å². The van der Waals surface area contributed by atoms with Crippen LogP contribution in [0.25, 0.3) is 11.0 Å². The van der Waals surface area contributed by atoms with Gasteiger partial charge in [0.25, 0.3) is 12.3 Å². The fourth-order valence-electron chi connectivity index (χ4n) is 3.36. The van der Waals surface area contributed by atoms with Crippen LogP contribution in [0.3, 0.4) is 0 Å². The number of aryl methyl sites for hydroxylation is 1. The number of carbonyl (C=O) groups excluding carboxylic acids is 1. The van der Waals surface area contributed by atoms with E-state index in [1.165, 1.54) is 12.3 Å². The lowest BCUT2D eigenvalue weighted by Gasteiger charge is -2.40. The molecule has 1 fully saturated rings. The number of alkyl halides is 2. The topological polar surface area (TPSA) is 93.8 Å². The molecule has 0 saturated carbocycles. The number of furan rings is 1. The van der Waals surface area contributed by atoms with Crippen LogP contribution in [0.5, 0.6) is 5.75 Å². The Balaban J connectivity index is 1.58. The van der Waals surface area contributed by atoms with E-state index in [1.807, 2.05) is 0 Å². The molecule has 0 unspecified atom stereocenters. The summed E-state index contributed by atoms with van der Waals surface area (Å²) in [4.78, 5) is 16.6. The predicted molar refractivity (Wildman–Crippen MR) is 103 cm³/mol. The molecule has 9 heteroatoms. The minimum Gasteiger partial charge on any atom is -0.489 e. The second kappa shape index (κ2) is 8.00. The monoisotopic (exact) mass is 418 g/mol. The van der Waals surface area contributed by atoms with E-state index in [0.29, 0.717) is 28.0 Å². The molecule has 3 aromatic rings. The second-order valence-corrected chi connectivity index (χ2v) is 7.21. The van der Waals surface area contributed by atoms with Gasteiger partial charge in [0.2, 0.25) is 0 Å². The maximum atomic E-state index is 13.1. The molecule has 0 spiro atoms. The number of ether oxygens (including phenoxy) is 2. The van der Waals surface area contributed by atoms with E-state index in [2.05, 4.69) is 10.3 Å². The number of benzene rings is 1. The summed E-state index contributed by atoms with van der Waals surface area (Å²) in [5, 5.41) is 12.9. The van der Waals surface area contributed by atoms with Crippen molar-refractivity contribution in [1.82, 2.24) is 10.3 Å². The van der Waals surface area contributed by atoms with Gasteiger partial charge in [-0.1, -0.05) is 6.07 Å². The Morgan fingerprint density at radius 3 is 2.83 bits per heavy atom. The van der Waals surface area contributed by atoms with Gasteiger partial charge in [0, 0.05) is 17.1 Å². The standard InChI is InChI=1S/C21H20F2N2O5/c1-12-17(20(27)25-21(9-26)10-28-11-21)15-7-14(4-5-16(15)30-12)29-8-13-3-2-6-24-18(13)19(22)23/h2-7,19,26H,8-11H2,1H3,(H,25,27). The molecule has 1 aliphatic rings. The highest BCUT2D eigenvalue weighted by Crippen LogP contribution is 2.31. The molecule has 1 aliphatic heterocycles. The number of hydrogen-bond donors (Lipinski definition) is 2. The lowest BCUT2D eigenvalue weighted by atomic mass is 9.97. The molecule has 30 heavy (non-hydrogen) atoms. The van der Waals surface area contributed by atoms with Crippen LogP contribution in [0.4, 0.5) is 8.78 Å². The molecular formula is C21H20F2N2O5. The highest BCUT2D eigenvalue weighted by atomic mass is 19.3. The van der Waals surface area contributed by atoms with E-state index in [-0.39, 0.29) is 37.7 Å². The van der Waals surface area contributed by atoms with Crippen molar-refractivity contribution >= 4 is 16.9 Å². The molecule has 2 N–H and O–H groups in total. The Bertz CT molecular complexity index is 1070. The van der Waals surface area contributed by atoms with E-state index >= 15 is 0 Å². The Labute approximate surface area is 170 Å². The highest BCUT2D eigenvalue weighted by molar-refractivity contribution is 6.07. The first-order chi connectivity index (χ1) is 14.4. The molecule has 0 radical (unpaired) electrons. The molecule has 7 nitrogen and oxygen atoms in total. The number of rotatable bonds is 7. The van der Waals surface area contributed by atoms with Crippen molar-refractivity contribution in [2.75, 3.05) is 19.8 Å². The summed E-state index contributed by atoms with van der Waals surface area (Å²) in [6, 6.07) is 8.02. The van der Waals surface area contributed by atoms with Gasteiger partial charge in [-0.15, -0.1) is 0 Å². The van der Waals surface area contributed by atoms with Crippen LogP contribution in [-0.4, -0.2) is 41.4 Å². The summed E-state index contributed by atoms with van der Waals surface area (Å²) in [6.45, 7) is 1.80. The smallest absolute Gasteiger partial charge is 0.280 e. The molecule has 1 amide bonds. The lowest BCUT2D eigenvalue weighted by Crippen LogP contribution is -2.64. The maximum Gasteiger partial charge on any atom is 0.280 e. The predicted octanol–water partition coefficient (Wildman–Crippen LogP) is 3.14. The number of halogens is 2. The van der Waals surface area contributed by atoms with Crippen LogP contribution in [0.1, 0.15) is 33.8 Å². The summed E-state index contributed by atoms with van der Waals surface area (Å²) in [5.74, 6) is 0.415. The molecule has 2 aromatic heterocycles. The molecule has 1 saturated heterocycles. The van der Waals surface area contributed by atoms with Crippen LogP contribution >= 0.6 is 0 Å². The van der Waals surface area contributed by atoms with Gasteiger partial charge in [-0.05, 0) is 31.2 Å². The molecular weight excluding hydrogens is 398 g/mol. The van der Waals surface area contributed by atoms with Crippen molar-refractivity contribution in [3.63, 3.8) is 0 Å². The lowest BCUT2D eigenvalue weighted by molar-refractivity contribution is -0.0919. The van der Waals surface area contributed by atoms with Gasteiger partial charge in [0.1, 0.15) is 34.9 Å². The number of nitrogens with zero attached hydrogens (tertiary/aromatic N) is 1. The molecule has 4 rings (SSSR count). The van der Waals surface area contributed by atoms with Crippen molar-refractivity contribution in [3.8, 4) is 5.75 Å². The van der Waals surface area contributed by atoms with Crippen molar-refractivity contribution in [2.45, 2.75) is 25.5 Å². The van der Waals surface area contributed by atoms with Crippen LogP contribution in [0.15, 0.2) is 40.9 Å². The number of aliphatic hydroxyl groups excluding tert-OH is 1. The number of pyridine rings is 1. The molecule has 0 aliphatic carbocycles. The average Bonchev–Trinajstić information content (AvgIpc) is 3.04. The molecule has 0 atom stereocenters. The van der Waals surface area contributed by atoms with E-state index in [1.54, 1.807) is 31.2 Å². The summed E-state index contributed by atoms with van der Waals surface area (Å²) < 4.78 is 42.7. The van der Waals surface area contributed by atoms with Crippen LogP contribution < -0.4 is 10.1 Å². The molecule has 158 valence electrons. The zero-order chi connectivity index (χ0) is 21.3. The zero-order valence-corrected chi connectivity index (χ0v) is 16.2. The second-order valence-electron chi connectivity index (χ2n) is 7.21. The van der Waals surface area contributed by atoms with Gasteiger partial charge in [0.05, 0.1) is 25.4 Å². The first kappa shape index (κ1) is 20.2. The third-order valence-corrected chi connectivity index (χ3v) is 5.03. The van der Waals surface area contributed by atoms with Crippen LogP contribution in [-0.2, 0) is 11.3 Å². The van der Waals surface area contributed by atoms with E-state index in [4.69, 9.17) is 13.9 Å².